The molecular weight excluding hydrogens is 530 g/mol. The third-order valence-corrected chi connectivity index (χ3v) is 8.94. The summed E-state index contributed by atoms with van der Waals surface area (Å²) in [5, 5.41) is 0. The zero-order valence-corrected chi connectivity index (χ0v) is 26.4. The van der Waals surface area contributed by atoms with Gasteiger partial charge >= 0.3 is 14.2 Å². The van der Waals surface area contributed by atoms with Crippen molar-refractivity contribution in [2.45, 2.75) is 91.0 Å². The van der Waals surface area contributed by atoms with Gasteiger partial charge in [-0.05, 0) is 110 Å². The van der Waals surface area contributed by atoms with E-state index in [1.807, 2.05) is 129 Å². The summed E-state index contributed by atoms with van der Waals surface area (Å²) in [4.78, 5) is 0. The summed E-state index contributed by atoms with van der Waals surface area (Å²) in [6.45, 7) is 18.4. The minimum atomic E-state index is -0.773. The number of methoxy groups -OCH3 is 1. The number of hydrogen-bond acceptors (Lipinski definition) is 7. The molecule has 3 aromatic rings. The fourth-order valence-electron chi connectivity index (χ4n) is 4.80. The van der Waals surface area contributed by atoms with E-state index >= 15 is 0 Å². The molecule has 0 unspecified atom stereocenters. The summed E-state index contributed by atoms with van der Waals surface area (Å²) in [5.41, 5.74) is 2.04. The van der Waals surface area contributed by atoms with Gasteiger partial charge in [0.05, 0.1) is 35.1 Å². The van der Waals surface area contributed by atoms with Crippen LogP contribution in [0.15, 0.2) is 66.7 Å². The Morgan fingerprint density at radius 2 is 0.952 bits per heavy atom. The Morgan fingerprint density at radius 3 is 1.31 bits per heavy atom. The van der Waals surface area contributed by atoms with Crippen LogP contribution in [0.2, 0.25) is 0 Å². The molecule has 2 aliphatic heterocycles. The van der Waals surface area contributed by atoms with E-state index in [1.165, 1.54) is 0 Å². The molecule has 42 heavy (non-hydrogen) atoms. The quantitative estimate of drug-likeness (QED) is 0.251. The van der Waals surface area contributed by atoms with Crippen molar-refractivity contribution in [3.8, 4) is 17.2 Å². The first-order chi connectivity index (χ1) is 19.6. The molecule has 2 saturated heterocycles. The van der Waals surface area contributed by atoms with Crippen LogP contribution in [0.5, 0.6) is 17.2 Å². The molecule has 0 bridgehead atoms. The molecule has 0 N–H and O–H groups in total. The van der Waals surface area contributed by atoms with Gasteiger partial charge in [0.15, 0.2) is 0 Å². The van der Waals surface area contributed by atoms with Gasteiger partial charge in [-0.1, -0.05) is 35.9 Å². The van der Waals surface area contributed by atoms with E-state index < -0.39 is 42.9 Å². The second-order valence-corrected chi connectivity index (χ2v) is 13.1. The van der Waals surface area contributed by atoms with Crippen molar-refractivity contribution in [1.82, 2.24) is 0 Å². The maximum Gasteiger partial charge on any atom is 0.494 e. The van der Waals surface area contributed by atoms with E-state index in [0.717, 1.165) is 22.1 Å². The minimum Gasteiger partial charge on any atom is -0.496 e. The number of hydrogen-bond donors (Lipinski definition) is 0. The van der Waals surface area contributed by atoms with E-state index in [-0.39, 0.29) is 0 Å². The number of ether oxygens (including phenoxy) is 3. The van der Waals surface area contributed by atoms with Crippen LogP contribution in [0.3, 0.4) is 0 Å². The highest BCUT2D eigenvalue weighted by molar-refractivity contribution is 6.62. The Kier molecular flexibility index (Phi) is 7.94. The molecule has 2 fully saturated rings. The standard InChI is InChI=1S/C33H42B2O7/c1-22-11-20-28(36-10)27(21-22)29(37-25-16-12-23(13-17-25)34-39-30(2,3)31(4,5)40-34)38-26-18-14-24(15-19-26)35-41-32(6,7)33(8,9)42-35/h11-21,29H,1-10H3. The van der Waals surface area contributed by atoms with E-state index in [2.05, 4.69) is 0 Å². The number of aryl methyl sites for hydroxylation is 1. The fourth-order valence-corrected chi connectivity index (χ4v) is 4.80. The van der Waals surface area contributed by atoms with Crippen LogP contribution in [0, 0.1) is 6.92 Å². The van der Waals surface area contributed by atoms with E-state index in [0.29, 0.717) is 17.2 Å². The molecule has 7 nitrogen and oxygen atoms in total. The smallest absolute Gasteiger partial charge is 0.494 e. The maximum atomic E-state index is 6.45. The normalized spacial score (nSPS) is 20.2. The van der Waals surface area contributed by atoms with Gasteiger partial charge in [-0.3, -0.25) is 0 Å². The zero-order chi connectivity index (χ0) is 30.5. The molecular formula is C33H42B2O7. The van der Waals surface area contributed by atoms with Crippen molar-refractivity contribution >= 4 is 25.2 Å². The molecule has 2 aliphatic rings. The molecule has 0 spiro atoms. The first kappa shape index (κ1) is 30.5. The molecule has 9 heteroatoms. The Bertz CT molecular complexity index is 1290. The fraction of sp³-hybridized carbons (Fsp3) is 0.455. The summed E-state index contributed by atoms with van der Waals surface area (Å²) in [6.07, 6.45) is -0.773. The topological polar surface area (TPSA) is 64.6 Å². The van der Waals surface area contributed by atoms with Crippen molar-refractivity contribution < 1.29 is 32.8 Å². The summed E-state index contributed by atoms with van der Waals surface area (Å²) < 4.78 is 43.4. The Hall–Kier alpha value is -2.97. The molecule has 0 atom stereocenters. The van der Waals surface area contributed by atoms with E-state index in [4.69, 9.17) is 32.8 Å². The summed E-state index contributed by atoms with van der Waals surface area (Å²) >= 11 is 0. The first-order valence-electron chi connectivity index (χ1n) is 14.5. The van der Waals surface area contributed by atoms with Gasteiger partial charge in [-0.15, -0.1) is 0 Å². The summed E-state index contributed by atoms with van der Waals surface area (Å²) in [6, 6.07) is 21.4. The van der Waals surface area contributed by atoms with Gasteiger partial charge in [-0.2, -0.15) is 0 Å². The lowest BCUT2D eigenvalue weighted by Gasteiger charge is -2.32. The molecule has 3 aromatic carbocycles. The van der Waals surface area contributed by atoms with Gasteiger partial charge in [0, 0.05) is 0 Å². The monoisotopic (exact) mass is 572 g/mol. The van der Waals surface area contributed by atoms with Crippen molar-refractivity contribution in [2.24, 2.45) is 0 Å². The lowest BCUT2D eigenvalue weighted by atomic mass is 9.79. The van der Waals surface area contributed by atoms with E-state index in [9.17, 15) is 0 Å². The molecule has 0 saturated carbocycles. The lowest BCUT2D eigenvalue weighted by Crippen LogP contribution is -2.41. The van der Waals surface area contributed by atoms with Crippen LogP contribution in [0.25, 0.3) is 0 Å². The Balaban J connectivity index is 1.37. The molecule has 5 rings (SSSR count). The zero-order valence-electron chi connectivity index (χ0n) is 26.4. The highest BCUT2D eigenvalue weighted by Crippen LogP contribution is 2.38. The molecule has 0 aliphatic carbocycles. The van der Waals surface area contributed by atoms with Crippen LogP contribution in [0.4, 0.5) is 0 Å². The molecule has 0 aromatic heterocycles. The Labute approximate surface area is 251 Å². The van der Waals surface area contributed by atoms with Crippen LogP contribution >= 0.6 is 0 Å². The minimum absolute atomic E-state index is 0.411. The van der Waals surface area contributed by atoms with Crippen molar-refractivity contribution in [3.63, 3.8) is 0 Å². The molecule has 222 valence electrons. The van der Waals surface area contributed by atoms with Crippen LogP contribution < -0.4 is 25.1 Å². The predicted octanol–water partition coefficient (Wildman–Crippen LogP) is 5.76. The van der Waals surface area contributed by atoms with Crippen LogP contribution in [-0.4, -0.2) is 43.8 Å². The SMILES string of the molecule is COc1ccc(C)cc1C(Oc1ccc(B2OC(C)(C)C(C)(C)O2)cc1)Oc1ccc(B2OC(C)(C)C(C)(C)O2)cc1. The maximum absolute atomic E-state index is 6.45. The van der Waals surface area contributed by atoms with Gasteiger partial charge in [0.25, 0.3) is 6.29 Å². The molecule has 2 heterocycles. The van der Waals surface area contributed by atoms with Gasteiger partial charge in [0.2, 0.25) is 0 Å². The predicted molar refractivity (Wildman–Crippen MR) is 166 cm³/mol. The summed E-state index contributed by atoms with van der Waals surface area (Å²) in [5.74, 6) is 1.95. The first-order valence-corrected chi connectivity index (χ1v) is 14.5. The van der Waals surface area contributed by atoms with Crippen molar-refractivity contribution in [3.05, 3.63) is 77.9 Å². The molecule has 0 radical (unpaired) electrons. The van der Waals surface area contributed by atoms with Gasteiger partial charge < -0.3 is 32.8 Å². The average molecular weight is 572 g/mol. The van der Waals surface area contributed by atoms with E-state index in [1.54, 1.807) is 7.11 Å². The second kappa shape index (κ2) is 10.9. The highest BCUT2D eigenvalue weighted by atomic mass is 16.7. The third-order valence-electron chi connectivity index (χ3n) is 8.94. The van der Waals surface area contributed by atoms with Crippen LogP contribution in [0.1, 0.15) is 72.8 Å². The number of benzene rings is 3. The average Bonchev–Trinajstić information content (AvgIpc) is 3.28. The Morgan fingerprint density at radius 1 is 0.571 bits per heavy atom. The second-order valence-electron chi connectivity index (χ2n) is 13.1. The van der Waals surface area contributed by atoms with Gasteiger partial charge in [0.1, 0.15) is 17.2 Å². The van der Waals surface area contributed by atoms with Crippen molar-refractivity contribution in [2.75, 3.05) is 7.11 Å². The lowest BCUT2D eigenvalue weighted by molar-refractivity contribution is 0.00208. The largest absolute Gasteiger partial charge is 0.496 e. The van der Waals surface area contributed by atoms with Crippen LogP contribution in [-0.2, 0) is 18.6 Å². The van der Waals surface area contributed by atoms with Gasteiger partial charge in [-0.25, -0.2) is 0 Å². The highest BCUT2D eigenvalue weighted by Gasteiger charge is 2.52. The van der Waals surface area contributed by atoms with Crippen molar-refractivity contribution in [1.29, 1.82) is 0 Å². The third kappa shape index (κ3) is 5.93. The molecule has 0 amide bonds. The summed E-state index contributed by atoms with van der Waals surface area (Å²) in [7, 11) is 0.746. The number of rotatable bonds is 8.